The standard InChI is InChI=1S/C20H16FNO2/c21-18-8-10-19(11-9-18)22(23)14-16-6-12-20(13-7-16)24-15-17-4-2-1-3-5-17/h1-14H,15H2. The largest absolute Gasteiger partial charge is 0.618 e. The minimum atomic E-state index is -0.368. The van der Waals surface area contributed by atoms with Gasteiger partial charge in [0, 0.05) is 17.7 Å². The number of benzene rings is 3. The second-order valence-electron chi connectivity index (χ2n) is 5.27. The second-order valence-corrected chi connectivity index (χ2v) is 5.27. The highest BCUT2D eigenvalue weighted by molar-refractivity contribution is 5.76. The SMILES string of the molecule is [O-][N+](=Cc1ccc(OCc2ccccc2)cc1)c1ccc(F)cc1. The van der Waals surface area contributed by atoms with E-state index in [0.29, 0.717) is 17.0 Å². The summed E-state index contributed by atoms with van der Waals surface area (Å²) in [4.78, 5) is 0. The minimum absolute atomic E-state index is 0.368. The molecule has 0 N–H and O–H groups in total. The van der Waals surface area contributed by atoms with Gasteiger partial charge in [0.05, 0.1) is 0 Å². The fourth-order valence-corrected chi connectivity index (χ4v) is 2.19. The van der Waals surface area contributed by atoms with Gasteiger partial charge in [-0.1, -0.05) is 30.3 Å². The molecule has 3 rings (SSSR count). The fourth-order valence-electron chi connectivity index (χ4n) is 2.19. The summed E-state index contributed by atoms with van der Waals surface area (Å²) in [6.45, 7) is 0.493. The average Bonchev–Trinajstić information content (AvgIpc) is 2.62. The van der Waals surface area contributed by atoms with E-state index in [1.807, 2.05) is 42.5 Å². The predicted octanol–water partition coefficient (Wildman–Crippen LogP) is 4.67. The Hall–Kier alpha value is -3.14. The number of hydrogen-bond acceptors (Lipinski definition) is 2. The lowest BCUT2D eigenvalue weighted by Crippen LogP contribution is -1.99. The van der Waals surface area contributed by atoms with Gasteiger partial charge in [0.1, 0.15) is 18.2 Å². The van der Waals surface area contributed by atoms with Gasteiger partial charge in [0.15, 0.2) is 6.21 Å². The van der Waals surface area contributed by atoms with E-state index in [-0.39, 0.29) is 5.82 Å². The quantitative estimate of drug-likeness (QED) is 0.296. The summed E-state index contributed by atoms with van der Waals surface area (Å²) in [6, 6.07) is 22.5. The number of rotatable bonds is 5. The Morgan fingerprint density at radius 2 is 1.54 bits per heavy atom. The Bertz CT molecular complexity index is 813. The molecule has 0 atom stereocenters. The maximum Gasteiger partial charge on any atom is 0.216 e. The molecular weight excluding hydrogens is 305 g/mol. The molecule has 0 aliphatic rings. The fraction of sp³-hybridized carbons (Fsp3) is 0.0500. The van der Waals surface area contributed by atoms with Crippen LogP contribution >= 0.6 is 0 Å². The van der Waals surface area contributed by atoms with Crippen molar-refractivity contribution >= 4 is 11.9 Å². The van der Waals surface area contributed by atoms with Gasteiger partial charge < -0.3 is 9.94 Å². The minimum Gasteiger partial charge on any atom is -0.618 e. The van der Waals surface area contributed by atoms with E-state index in [2.05, 4.69) is 0 Å². The van der Waals surface area contributed by atoms with Crippen molar-refractivity contribution in [3.8, 4) is 5.75 Å². The van der Waals surface area contributed by atoms with E-state index < -0.39 is 0 Å². The maximum absolute atomic E-state index is 12.9. The lowest BCUT2D eigenvalue weighted by Gasteiger charge is -2.06. The zero-order chi connectivity index (χ0) is 16.8. The van der Waals surface area contributed by atoms with E-state index in [1.54, 1.807) is 12.1 Å². The summed E-state index contributed by atoms with van der Waals surface area (Å²) in [5.41, 5.74) is 2.21. The van der Waals surface area contributed by atoms with Crippen LogP contribution in [0.4, 0.5) is 10.1 Å². The number of halogens is 1. The van der Waals surface area contributed by atoms with Crippen LogP contribution < -0.4 is 4.74 Å². The van der Waals surface area contributed by atoms with Crippen molar-refractivity contribution in [3.05, 3.63) is 101 Å². The smallest absolute Gasteiger partial charge is 0.216 e. The second kappa shape index (κ2) is 7.42. The zero-order valence-electron chi connectivity index (χ0n) is 12.9. The number of nitrogens with zero attached hydrogens (tertiary/aromatic N) is 1. The van der Waals surface area contributed by atoms with Crippen molar-refractivity contribution in [2.24, 2.45) is 0 Å². The van der Waals surface area contributed by atoms with E-state index in [1.165, 1.54) is 30.5 Å². The van der Waals surface area contributed by atoms with Crippen LogP contribution in [0.2, 0.25) is 0 Å². The van der Waals surface area contributed by atoms with Crippen LogP contribution in [0.15, 0.2) is 78.9 Å². The molecule has 24 heavy (non-hydrogen) atoms. The maximum atomic E-state index is 12.9. The summed E-state index contributed by atoms with van der Waals surface area (Å²) in [5.74, 6) is 0.363. The molecule has 4 heteroatoms. The first-order chi connectivity index (χ1) is 11.7. The predicted molar refractivity (Wildman–Crippen MR) is 92.1 cm³/mol. The topological polar surface area (TPSA) is 35.3 Å². The van der Waals surface area contributed by atoms with Crippen LogP contribution in [0.5, 0.6) is 5.75 Å². The molecule has 0 saturated heterocycles. The van der Waals surface area contributed by atoms with Crippen LogP contribution in [0, 0.1) is 11.0 Å². The first-order valence-electron chi connectivity index (χ1n) is 7.54. The summed E-state index contributed by atoms with van der Waals surface area (Å²) in [6.07, 6.45) is 1.44. The van der Waals surface area contributed by atoms with Crippen molar-refractivity contribution in [1.29, 1.82) is 0 Å². The Morgan fingerprint density at radius 1 is 0.875 bits per heavy atom. The van der Waals surface area contributed by atoms with Gasteiger partial charge in [-0.15, -0.1) is 0 Å². The molecule has 0 heterocycles. The molecule has 0 saturated carbocycles. The van der Waals surface area contributed by atoms with Crippen molar-refractivity contribution in [3.63, 3.8) is 0 Å². The summed E-state index contributed by atoms with van der Waals surface area (Å²) >= 11 is 0. The molecule has 3 aromatic carbocycles. The monoisotopic (exact) mass is 321 g/mol. The lowest BCUT2D eigenvalue weighted by molar-refractivity contribution is -0.354. The van der Waals surface area contributed by atoms with E-state index >= 15 is 0 Å². The highest BCUT2D eigenvalue weighted by Gasteiger charge is 2.03. The number of hydrogen-bond donors (Lipinski definition) is 0. The third kappa shape index (κ3) is 4.20. The molecule has 0 aliphatic carbocycles. The van der Waals surface area contributed by atoms with Crippen LogP contribution in [-0.4, -0.2) is 11.0 Å². The van der Waals surface area contributed by atoms with Crippen molar-refractivity contribution in [2.75, 3.05) is 0 Å². The summed E-state index contributed by atoms with van der Waals surface area (Å²) in [5, 5.41) is 12.0. The third-order valence-electron chi connectivity index (χ3n) is 3.48. The Morgan fingerprint density at radius 3 is 2.21 bits per heavy atom. The highest BCUT2D eigenvalue weighted by Crippen LogP contribution is 2.15. The molecule has 3 aromatic rings. The molecule has 0 unspecified atom stereocenters. The van der Waals surface area contributed by atoms with E-state index in [9.17, 15) is 9.60 Å². The lowest BCUT2D eigenvalue weighted by atomic mass is 10.2. The average molecular weight is 321 g/mol. The van der Waals surface area contributed by atoms with Gasteiger partial charge in [0.25, 0.3) is 0 Å². The molecule has 0 bridgehead atoms. The molecule has 0 fully saturated rings. The van der Waals surface area contributed by atoms with Gasteiger partial charge in [-0.3, -0.25) is 0 Å². The molecule has 3 nitrogen and oxygen atoms in total. The highest BCUT2D eigenvalue weighted by atomic mass is 19.1. The van der Waals surface area contributed by atoms with Gasteiger partial charge >= 0.3 is 0 Å². The van der Waals surface area contributed by atoms with Gasteiger partial charge in [-0.2, -0.15) is 4.74 Å². The van der Waals surface area contributed by atoms with Crippen molar-refractivity contribution in [1.82, 2.24) is 0 Å². The van der Waals surface area contributed by atoms with Gasteiger partial charge in [-0.25, -0.2) is 4.39 Å². The molecule has 120 valence electrons. The first kappa shape index (κ1) is 15.7. The Labute approximate surface area is 139 Å². The van der Waals surface area contributed by atoms with Gasteiger partial charge in [-0.05, 0) is 42.0 Å². The summed E-state index contributed by atoms with van der Waals surface area (Å²) in [7, 11) is 0. The van der Waals surface area contributed by atoms with E-state index in [4.69, 9.17) is 4.74 Å². The molecule has 0 spiro atoms. The van der Waals surface area contributed by atoms with Crippen LogP contribution in [-0.2, 0) is 6.61 Å². The Balaban J connectivity index is 1.65. The first-order valence-corrected chi connectivity index (χ1v) is 7.54. The number of ether oxygens (including phenoxy) is 1. The van der Waals surface area contributed by atoms with Crippen molar-refractivity contribution in [2.45, 2.75) is 6.61 Å². The van der Waals surface area contributed by atoms with Crippen molar-refractivity contribution < 1.29 is 13.9 Å². The Kier molecular flexibility index (Phi) is 4.87. The zero-order valence-corrected chi connectivity index (χ0v) is 12.9. The van der Waals surface area contributed by atoms with Gasteiger partial charge in [0.2, 0.25) is 5.69 Å². The van der Waals surface area contributed by atoms with Crippen LogP contribution in [0.1, 0.15) is 11.1 Å². The molecular formula is C20H16FNO2. The van der Waals surface area contributed by atoms with Crippen LogP contribution in [0.3, 0.4) is 0 Å². The van der Waals surface area contributed by atoms with E-state index in [0.717, 1.165) is 16.9 Å². The van der Waals surface area contributed by atoms with Crippen LogP contribution in [0.25, 0.3) is 0 Å². The molecule has 0 aromatic heterocycles. The third-order valence-corrected chi connectivity index (χ3v) is 3.48. The normalized spacial score (nSPS) is 11.3. The molecule has 0 aliphatic heterocycles. The molecule has 0 radical (unpaired) electrons. The summed E-state index contributed by atoms with van der Waals surface area (Å²) < 4.78 is 19.3. The molecule has 0 amide bonds.